The first-order chi connectivity index (χ1) is 7.33. The summed E-state index contributed by atoms with van der Waals surface area (Å²) in [6.07, 6.45) is 7.72. The molecule has 0 atom stereocenters. The Kier molecular flexibility index (Phi) is 2.73. The second-order valence-electron chi connectivity index (χ2n) is 3.22. The van der Waals surface area contributed by atoms with E-state index in [0.29, 0.717) is 6.54 Å². The largest absolute Gasteiger partial charge is 0.330 e. The molecule has 0 bridgehead atoms. The SMILES string of the molecule is Cc1nccnc1-n1ccnc1CCN. The van der Waals surface area contributed by atoms with Crippen molar-refractivity contribution < 1.29 is 0 Å². The molecular formula is C10H13N5. The van der Waals surface area contributed by atoms with Crippen LogP contribution < -0.4 is 5.73 Å². The molecule has 5 heteroatoms. The fourth-order valence-corrected chi connectivity index (χ4v) is 1.48. The van der Waals surface area contributed by atoms with E-state index in [9.17, 15) is 0 Å². The monoisotopic (exact) mass is 203 g/mol. The van der Waals surface area contributed by atoms with Gasteiger partial charge in [0.15, 0.2) is 5.82 Å². The number of aryl methyl sites for hydroxylation is 1. The number of hydrogen-bond donors (Lipinski definition) is 1. The van der Waals surface area contributed by atoms with Crippen molar-refractivity contribution in [3.63, 3.8) is 0 Å². The Bertz CT molecular complexity index is 449. The molecule has 0 aliphatic rings. The lowest BCUT2D eigenvalue weighted by molar-refractivity contribution is 0.812. The van der Waals surface area contributed by atoms with Crippen molar-refractivity contribution in [1.29, 1.82) is 0 Å². The summed E-state index contributed by atoms with van der Waals surface area (Å²) in [5, 5.41) is 0. The molecule has 15 heavy (non-hydrogen) atoms. The number of rotatable bonds is 3. The smallest absolute Gasteiger partial charge is 0.159 e. The number of aromatic nitrogens is 4. The minimum atomic E-state index is 0.580. The Hall–Kier alpha value is -1.75. The number of nitrogens with zero attached hydrogens (tertiary/aromatic N) is 4. The van der Waals surface area contributed by atoms with E-state index in [1.54, 1.807) is 18.6 Å². The van der Waals surface area contributed by atoms with Gasteiger partial charge in [0.05, 0.1) is 5.69 Å². The minimum Gasteiger partial charge on any atom is -0.330 e. The van der Waals surface area contributed by atoms with Crippen molar-refractivity contribution in [2.75, 3.05) is 6.54 Å². The van der Waals surface area contributed by atoms with E-state index in [4.69, 9.17) is 5.73 Å². The normalized spacial score (nSPS) is 10.5. The summed E-state index contributed by atoms with van der Waals surface area (Å²) >= 11 is 0. The summed E-state index contributed by atoms with van der Waals surface area (Å²) in [6.45, 7) is 2.50. The maximum atomic E-state index is 5.52. The molecule has 2 heterocycles. The highest BCUT2D eigenvalue weighted by atomic mass is 15.1. The molecule has 0 aliphatic heterocycles. The average Bonchev–Trinajstić information content (AvgIpc) is 2.67. The highest BCUT2D eigenvalue weighted by molar-refractivity contribution is 5.28. The Balaban J connectivity index is 2.45. The van der Waals surface area contributed by atoms with Gasteiger partial charge in [-0.15, -0.1) is 0 Å². The third kappa shape index (κ3) is 1.87. The van der Waals surface area contributed by atoms with Crippen LogP contribution in [0, 0.1) is 6.92 Å². The predicted molar refractivity (Wildman–Crippen MR) is 56.6 cm³/mol. The van der Waals surface area contributed by atoms with Crippen LogP contribution in [0.2, 0.25) is 0 Å². The lowest BCUT2D eigenvalue weighted by Gasteiger charge is -2.07. The van der Waals surface area contributed by atoms with Crippen LogP contribution in [-0.2, 0) is 6.42 Å². The van der Waals surface area contributed by atoms with Crippen LogP contribution in [0.3, 0.4) is 0 Å². The third-order valence-corrected chi connectivity index (χ3v) is 2.17. The summed E-state index contributed by atoms with van der Waals surface area (Å²) < 4.78 is 1.93. The Morgan fingerprint density at radius 3 is 2.73 bits per heavy atom. The molecule has 0 spiro atoms. The predicted octanol–water partition coefficient (Wildman–Crippen LogP) is 0.472. The fraction of sp³-hybridized carbons (Fsp3) is 0.300. The summed E-state index contributed by atoms with van der Waals surface area (Å²) in [5.74, 6) is 1.74. The van der Waals surface area contributed by atoms with Gasteiger partial charge in [-0.1, -0.05) is 0 Å². The van der Waals surface area contributed by atoms with Gasteiger partial charge in [-0.3, -0.25) is 9.55 Å². The second-order valence-corrected chi connectivity index (χ2v) is 3.22. The van der Waals surface area contributed by atoms with Crippen LogP contribution in [-0.4, -0.2) is 26.1 Å². The summed E-state index contributed by atoms with van der Waals surface area (Å²) in [6, 6.07) is 0. The van der Waals surface area contributed by atoms with Gasteiger partial charge in [0.2, 0.25) is 0 Å². The molecule has 0 radical (unpaired) electrons. The zero-order valence-electron chi connectivity index (χ0n) is 8.59. The molecule has 0 aromatic carbocycles. The van der Waals surface area contributed by atoms with Gasteiger partial charge in [-0.25, -0.2) is 9.97 Å². The van der Waals surface area contributed by atoms with E-state index in [-0.39, 0.29) is 0 Å². The van der Waals surface area contributed by atoms with Crippen LogP contribution in [0.1, 0.15) is 11.5 Å². The molecular weight excluding hydrogens is 190 g/mol. The van der Waals surface area contributed by atoms with E-state index in [0.717, 1.165) is 23.8 Å². The van der Waals surface area contributed by atoms with Crippen molar-refractivity contribution in [3.05, 3.63) is 36.3 Å². The van der Waals surface area contributed by atoms with Crippen LogP contribution >= 0.6 is 0 Å². The molecule has 2 rings (SSSR count). The molecule has 0 fully saturated rings. The van der Waals surface area contributed by atoms with Crippen LogP contribution in [0.15, 0.2) is 24.8 Å². The van der Waals surface area contributed by atoms with Gasteiger partial charge in [-0.2, -0.15) is 0 Å². The van der Waals surface area contributed by atoms with Crippen molar-refractivity contribution in [1.82, 2.24) is 19.5 Å². The van der Waals surface area contributed by atoms with Gasteiger partial charge in [-0.05, 0) is 13.5 Å². The number of hydrogen-bond acceptors (Lipinski definition) is 4. The standard InChI is InChI=1S/C10H13N5/c1-8-10(14-5-4-12-8)15-7-6-13-9(15)2-3-11/h4-7H,2-3,11H2,1H3. The maximum Gasteiger partial charge on any atom is 0.159 e. The highest BCUT2D eigenvalue weighted by Gasteiger charge is 2.07. The van der Waals surface area contributed by atoms with Gasteiger partial charge in [0, 0.05) is 31.2 Å². The fourth-order valence-electron chi connectivity index (χ4n) is 1.48. The van der Waals surface area contributed by atoms with E-state index in [1.165, 1.54) is 0 Å². The zero-order chi connectivity index (χ0) is 10.7. The molecule has 0 unspecified atom stereocenters. The number of imidazole rings is 1. The lowest BCUT2D eigenvalue weighted by atomic mass is 10.4. The lowest BCUT2D eigenvalue weighted by Crippen LogP contribution is -2.10. The quantitative estimate of drug-likeness (QED) is 0.787. The van der Waals surface area contributed by atoms with E-state index in [1.807, 2.05) is 17.7 Å². The van der Waals surface area contributed by atoms with Gasteiger partial charge < -0.3 is 5.73 Å². The first-order valence-corrected chi connectivity index (χ1v) is 4.83. The second kappa shape index (κ2) is 4.18. The van der Waals surface area contributed by atoms with Gasteiger partial charge >= 0.3 is 0 Å². The molecule has 0 saturated carbocycles. The Morgan fingerprint density at radius 2 is 2.00 bits per heavy atom. The minimum absolute atomic E-state index is 0.580. The Labute approximate surface area is 88.0 Å². The van der Waals surface area contributed by atoms with Crippen molar-refractivity contribution in [2.45, 2.75) is 13.3 Å². The van der Waals surface area contributed by atoms with E-state index >= 15 is 0 Å². The van der Waals surface area contributed by atoms with Gasteiger partial charge in [0.25, 0.3) is 0 Å². The molecule has 78 valence electrons. The van der Waals surface area contributed by atoms with Crippen LogP contribution in [0.25, 0.3) is 5.82 Å². The first kappa shape index (κ1) is 9.79. The summed E-state index contributed by atoms with van der Waals surface area (Å²) in [4.78, 5) is 12.7. The molecule has 2 N–H and O–H groups in total. The average molecular weight is 203 g/mol. The van der Waals surface area contributed by atoms with Crippen LogP contribution in [0.4, 0.5) is 0 Å². The van der Waals surface area contributed by atoms with Crippen LogP contribution in [0.5, 0.6) is 0 Å². The van der Waals surface area contributed by atoms with E-state index in [2.05, 4.69) is 15.0 Å². The van der Waals surface area contributed by atoms with Gasteiger partial charge in [0.1, 0.15) is 5.82 Å². The molecule has 0 aliphatic carbocycles. The molecule has 0 saturated heterocycles. The molecule has 2 aromatic heterocycles. The summed E-state index contributed by atoms with van der Waals surface area (Å²) in [5.41, 5.74) is 6.40. The van der Waals surface area contributed by atoms with E-state index < -0.39 is 0 Å². The first-order valence-electron chi connectivity index (χ1n) is 4.83. The highest BCUT2D eigenvalue weighted by Crippen LogP contribution is 2.10. The maximum absolute atomic E-state index is 5.52. The van der Waals surface area contributed by atoms with Crippen molar-refractivity contribution >= 4 is 0 Å². The molecule has 2 aromatic rings. The van der Waals surface area contributed by atoms with Crippen molar-refractivity contribution in [2.24, 2.45) is 5.73 Å². The Morgan fingerprint density at radius 1 is 1.20 bits per heavy atom. The molecule has 5 nitrogen and oxygen atoms in total. The molecule has 0 amide bonds. The number of nitrogens with two attached hydrogens (primary N) is 1. The summed E-state index contributed by atoms with van der Waals surface area (Å²) in [7, 11) is 0. The van der Waals surface area contributed by atoms with Crippen molar-refractivity contribution in [3.8, 4) is 5.82 Å². The topological polar surface area (TPSA) is 69.6 Å². The zero-order valence-corrected chi connectivity index (χ0v) is 8.59. The third-order valence-electron chi connectivity index (χ3n) is 2.17.